The van der Waals surface area contributed by atoms with Crippen molar-refractivity contribution in [3.8, 4) is 6.07 Å². The molecule has 4 nitrogen and oxygen atoms in total. The van der Waals surface area contributed by atoms with E-state index in [1.54, 1.807) is 0 Å². The van der Waals surface area contributed by atoms with E-state index >= 15 is 0 Å². The van der Waals surface area contributed by atoms with E-state index in [-0.39, 0.29) is 0 Å². The molecule has 2 rings (SSSR count). The summed E-state index contributed by atoms with van der Waals surface area (Å²) in [6.45, 7) is 6.44. The quantitative estimate of drug-likeness (QED) is 0.916. The highest BCUT2D eigenvalue weighted by atomic mass is 15.2. The minimum Gasteiger partial charge on any atom is -0.310 e. The molecule has 1 aromatic carbocycles. The second kappa shape index (κ2) is 7.04. The summed E-state index contributed by atoms with van der Waals surface area (Å²) in [5.74, 6) is 0. The maximum absolute atomic E-state index is 9.53. The highest BCUT2D eigenvalue weighted by molar-refractivity contribution is 5.30. The number of hydrogen-bond acceptors (Lipinski definition) is 4. The minimum absolute atomic E-state index is 0.510. The van der Waals surface area contributed by atoms with Crippen LogP contribution in [0.4, 0.5) is 0 Å². The molecule has 21 heavy (non-hydrogen) atoms. The molecule has 1 saturated heterocycles. The highest BCUT2D eigenvalue weighted by Crippen LogP contribution is 2.22. The maximum Gasteiger partial charge on any atom is 0.131 e. The van der Waals surface area contributed by atoms with Crippen molar-refractivity contribution in [3.05, 3.63) is 35.9 Å². The van der Waals surface area contributed by atoms with Crippen LogP contribution in [-0.2, 0) is 5.54 Å². The van der Waals surface area contributed by atoms with Gasteiger partial charge in [-0.05, 0) is 45.5 Å². The second-order valence-electron chi connectivity index (χ2n) is 6.20. The van der Waals surface area contributed by atoms with Gasteiger partial charge in [-0.3, -0.25) is 4.90 Å². The van der Waals surface area contributed by atoms with Crippen molar-refractivity contribution in [1.29, 1.82) is 5.26 Å². The normalized spacial score (nSPS) is 24.0. The van der Waals surface area contributed by atoms with Crippen LogP contribution in [0.2, 0.25) is 0 Å². The zero-order valence-corrected chi connectivity index (χ0v) is 13.1. The van der Waals surface area contributed by atoms with Gasteiger partial charge in [0.1, 0.15) is 5.54 Å². The summed E-state index contributed by atoms with van der Waals surface area (Å²) in [4.78, 5) is 4.84. The van der Waals surface area contributed by atoms with Gasteiger partial charge in [0.05, 0.1) is 6.07 Å². The Balaban J connectivity index is 2.02. The van der Waals surface area contributed by atoms with Gasteiger partial charge in [0.15, 0.2) is 0 Å². The third-order valence-corrected chi connectivity index (χ3v) is 4.47. The van der Waals surface area contributed by atoms with Gasteiger partial charge in [-0.2, -0.15) is 5.26 Å². The molecule has 0 radical (unpaired) electrons. The first kappa shape index (κ1) is 16.0. The number of nitrogens with two attached hydrogens (primary N) is 1. The summed E-state index contributed by atoms with van der Waals surface area (Å²) >= 11 is 0. The molecule has 2 atom stereocenters. The monoisotopic (exact) mass is 286 g/mol. The molecule has 1 heterocycles. The van der Waals surface area contributed by atoms with Crippen LogP contribution in [0.5, 0.6) is 0 Å². The fraction of sp³-hybridized carbons (Fsp3) is 0.588. The van der Waals surface area contributed by atoms with Gasteiger partial charge in [0.25, 0.3) is 0 Å². The average Bonchev–Trinajstić information content (AvgIpc) is 2.66. The summed E-state index contributed by atoms with van der Waals surface area (Å²) in [6, 6.07) is 12.6. The van der Waals surface area contributed by atoms with Crippen LogP contribution >= 0.6 is 0 Å². The molecular weight excluding hydrogens is 260 g/mol. The van der Waals surface area contributed by atoms with E-state index in [4.69, 9.17) is 5.73 Å². The van der Waals surface area contributed by atoms with Gasteiger partial charge < -0.3 is 10.6 Å². The van der Waals surface area contributed by atoms with E-state index in [1.165, 1.54) is 6.42 Å². The van der Waals surface area contributed by atoms with Crippen LogP contribution in [-0.4, -0.2) is 49.1 Å². The Hall–Kier alpha value is -1.41. The van der Waals surface area contributed by atoms with Gasteiger partial charge in [0, 0.05) is 19.1 Å². The molecule has 0 bridgehead atoms. The molecule has 1 aliphatic heterocycles. The van der Waals surface area contributed by atoms with Crippen molar-refractivity contribution in [1.82, 2.24) is 9.80 Å². The number of likely N-dealkylation sites (N-methyl/N-ethyl adjacent to an activating group) is 1. The third-order valence-electron chi connectivity index (χ3n) is 4.47. The van der Waals surface area contributed by atoms with E-state index in [1.807, 2.05) is 30.3 Å². The molecule has 0 aromatic heterocycles. The Morgan fingerprint density at radius 2 is 2.05 bits per heavy atom. The molecule has 114 valence electrons. The number of nitrogens with zero attached hydrogens (tertiary/aromatic N) is 3. The molecule has 4 heteroatoms. The summed E-state index contributed by atoms with van der Waals surface area (Å²) < 4.78 is 0. The van der Waals surface area contributed by atoms with Gasteiger partial charge in [0.2, 0.25) is 0 Å². The number of hydrogen-bond donors (Lipinski definition) is 1. The zero-order chi connectivity index (χ0) is 15.3. The first-order valence-electron chi connectivity index (χ1n) is 7.73. The van der Waals surface area contributed by atoms with E-state index in [0.29, 0.717) is 12.5 Å². The SMILES string of the molecule is CC1CN(C)CCCN1CCC(N)(C#N)c1ccccc1. The van der Waals surface area contributed by atoms with E-state index in [9.17, 15) is 5.26 Å². The van der Waals surface area contributed by atoms with Crippen LogP contribution in [0.15, 0.2) is 30.3 Å². The number of benzene rings is 1. The average molecular weight is 286 g/mol. The van der Waals surface area contributed by atoms with Crippen LogP contribution in [0, 0.1) is 11.3 Å². The fourth-order valence-electron chi connectivity index (χ4n) is 3.07. The molecule has 0 saturated carbocycles. The van der Waals surface area contributed by atoms with Gasteiger partial charge in [-0.25, -0.2) is 0 Å². The summed E-state index contributed by atoms with van der Waals surface area (Å²) in [7, 11) is 2.17. The molecule has 1 aromatic rings. The molecule has 0 aliphatic carbocycles. The van der Waals surface area contributed by atoms with E-state index in [2.05, 4.69) is 29.8 Å². The Kier molecular flexibility index (Phi) is 5.35. The molecule has 0 amide bonds. The molecule has 1 fully saturated rings. The van der Waals surface area contributed by atoms with E-state index in [0.717, 1.165) is 31.7 Å². The summed E-state index contributed by atoms with van der Waals surface area (Å²) in [6.07, 6.45) is 1.85. The first-order valence-corrected chi connectivity index (χ1v) is 7.73. The Bertz CT molecular complexity index is 481. The lowest BCUT2D eigenvalue weighted by molar-refractivity contribution is 0.190. The van der Waals surface area contributed by atoms with Gasteiger partial charge in [-0.15, -0.1) is 0 Å². The molecule has 2 unspecified atom stereocenters. The van der Waals surface area contributed by atoms with Crippen molar-refractivity contribution in [2.75, 3.05) is 33.2 Å². The Morgan fingerprint density at radius 1 is 1.33 bits per heavy atom. The van der Waals surface area contributed by atoms with Crippen molar-refractivity contribution in [3.63, 3.8) is 0 Å². The molecule has 2 N–H and O–H groups in total. The highest BCUT2D eigenvalue weighted by Gasteiger charge is 2.29. The van der Waals surface area contributed by atoms with Crippen LogP contribution in [0.25, 0.3) is 0 Å². The lowest BCUT2D eigenvalue weighted by atomic mass is 9.89. The largest absolute Gasteiger partial charge is 0.310 e. The fourth-order valence-corrected chi connectivity index (χ4v) is 3.07. The molecule has 0 spiro atoms. The first-order chi connectivity index (χ1) is 10.0. The van der Waals surface area contributed by atoms with Crippen molar-refractivity contribution in [2.45, 2.75) is 31.3 Å². The predicted molar refractivity (Wildman–Crippen MR) is 85.7 cm³/mol. The summed E-state index contributed by atoms with van der Waals surface area (Å²) in [5.41, 5.74) is 6.37. The Morgan fingerprint density at radius 3 is 2.71 bits per heavy atom. The van der Waals surface area contributed by atoms with Crippen LogP contribution < -0.4 is 5.73 Å². The number of rotatable bonds is 4. The van der Waals surface area contributed by atoms with Crippen LogP contribution in [0.3, 0.4) is 0 Å². The van der Waals surface area contributed by atoms with Crippen LogP contribution in [0.1, 0.15) is 25.3 Å². The van der Waals surface area contributed by atoms with Crippen molar-refractivity contribution >= 4 is 0 Å². The number of nitriles is 1. The van der Waals surface area contributed by atoms with Crippen molar-refractivity contribution in [2.24, 2.45) is 5.73 Å². The minimum atomic E-state index is -0.890. The standard InChI is InChI=1S/C17H26N4/c1-15-13-20(2)10-6-11-21(15)12-9-17(19,14-18)16-7-4-3-5-8-16/h3-5,7-8,15H,6,9-13,19H2,1-2H3. The summed E-state index contributed by atoms with van der Waals surface area (Å²) in [5, 5.41) is 9.53. The zero-order valence-electron chi connectivity index (χ0n) is 13.1. The lowest BCUT2D eigenvalue weighted by Crippen LogP contribution is -2.43. The second-order valence-corrected chi connectivity index (χ2v) is 6.20. The topological polar surface area (TPSA) is 56.3 Å². The maximum atomic E-state index is 9.53. The third kappa shape index (κ3) is 4.04. The van der Waals surface area contributed by atoms with Gasteiger partial charge in [-0.1, -0.05) is 30.3 Å². The van der Waals surface area contributed by atoms with Gasteiger partial charge >= 0.3 is 0 Å². The lowest BCUT2D eigenvalue weighted by Gasteiger charge is -2.31. The Labute approximate surface area is 128 Å². The predicted octanol–water partition coefficient (Wildman–Crippen LogP) is 1.78. The van der Waals surface area contributed by atoms with Crippen molar-refractivity contribution < 1.29 is 0 Å². The molecule has 1 aliphatic rings. The smallest absolute Gasteiger partial charge is 0.131 e. The molecular formula is C17H26N4. The van der Waals surface area contributed by atoms with E-state index < -0.39 is 5.54 Å².